The number of anilines is 1. The summed E-state index contributed by atoms with van der Waals surface area (Å²) in [6.07, 6.45) is 0. The number of rotatable bonds is 3. The molecule has 6 heteroatoms. The number of hydrogen-bond acceptors (Lipinski definition) is 2. The van der Waals surface area contributed by atoms with Gasteiger partial charge in [0, 0.05) is 16.3 Å². The predicted octanol–water partition coefficient (Wildman–Crippen LogP) is 5.05. The Morgan fingerprint density at radius 3 is 2.33 bits per heavy atom. The van der Waals surface area contributed by atoms with Gasteiger partial charge < -0.3 is 5.32 Å². The van der Waals surface area contributed by atoms with Crippen molar-refractivity contribution in [3.8, 4) is 5.69 Å². The number of benzene rings is 2. The van der Waals surface area contributed by atoms with Crippen molar-refractivity contribution in [3.05, 3.63) is 75.5 Å². The average Bonchev–Trinajstić information content (AvgIpc) is 2.88. The summed E-state index contributed by atoms with van der Waals surface area (Å²) in [7, 11) is 0. The van der Waals surface area contributed by atoms with Crippen LogP contribution in [0.5, 0.6) is 0 Å². The lowest BCUT2D eigenvalue weighted by Crippen LogP contribution is -2.12. The summed E-state index contributed by atoms with van der Waals surface area (Å²) in [5.74, 6) is -0.237. The fourth-order valence-corrected chi connectivity index (χ4v) is 2.89. The van der Waals surface area contributed by atoms with Crippen LogP contribution in [0.25, 0.3) is 5.69 Å². The van der Waals surface area contributed by atoms with E-state index in [0.29, 0.717) is 21.3 Å². The second-order valence-electron chi connectivity index (χ2n) is 5.46. The highest BCUT2D eigenvalue weighted by Crippen LogP contribution is 2.26. The summed E-state index contributed by atoms with van der Waals surface area (Å²) in [6, 6.07) is 14.2. The lowest BCUT2D eigenvalue weighted by molar-refractivity contribution is 0.102. The molecule has 3 rings (SSSR count). The Hall–Kier alpha value is -2.30. The van der Waals surface area contributed by atoms with Gasteiger partial charge in [-0.3, -0.25) is 4.79 Å². The number of nitrogens with one attached hydrogen (secondary N) is 1. The first-order valence-electron chi connectivity index (χ1n) is 7.34. The molecule has 3 aromatic rings. The third-order valence-electron chi connectivity index (χ3n) is 3.56. The third kappa shape index (κ3) is 3.45. The van der Waals surface area contributed by atoms with Crippen LogP contribution in [0, 0.1) is 13.8 Å². The molecule has 0 atom stereocenters. The molecule has 0 aliphatic heterocycles. The van der Waals surface area contributed by atoms with Crippen LogP contribution in [0.1, 0.15) is 21.7 Å². The molecule has 0 aliphatic rings. The molecule has 4 nitrogen and oxygen atoms in total. The van der Waals surface area contributed by atoms with Gasteiger partial charge in [0.1, 0.15) is 0 Å². The summed E-state index contributed by atoms with van der Waals surface area (Å²) < 4.78 is 1.84. The number of aryl methyl sites for hydroxylation is 2. The van der Waals surface area contributed by atoms with Crippen LogP contribution in [0.4, 0.5) is 5.69 Å². The summed E-state index contributed by atoms with van der Waals surface area (Å²) in [5, 5.41) is 8.12. The van der Waals surface area contributed by atoms with E-state index >= 15 is 0 Å². The minimum absolute atomic E-state index is 0.237. The van der Waals surface area contributed by atoms with Gasteiger partial charge in [-0.05, 0) is 62.4 Å². The van der Waals surface area contributed by atoms with Crippen LogP contribution in [-0.2, 0) is 0 Å². The highest BCUT2D eigenvalue weighted by Gasteiger charge is 2.10. The zero-order chi connectivity index (χ0) is 17.3. The number of nitrogens with zero attached hydrogens (tertiary/aromatic N) is 2. The van der Waals surface area contributed by atoms with Crippen molar-refractivity contribution in [2.45, 2.75) is 13.8 Å². The molecule has 0 spiro atoms. The van der Waals surface area contributed by atoms with Gasteiger partial charge in [0.2, 0.25) is 0 Å². The van der Waals surface area contributed by atoms with E-state index in [2.05, 4.69) is 10.4 Å². The fourth-order valence-electron chi connectivity index (χ4n) is 2.43. The number of amides is 1. The smallest absolute Gasteiger partial charge is 0.255 e. The Balaban J connectivity index is 1.80. The first-order chi connectivity index (χ1) is 11.4. The Morgan fingerprint density at radius 2 is 1.75 bits per heavy atom. The monoisotopic (exact) mass is 359 g/mol. The SMILES string of the molecule is Cc1cc(C)n(-c2ccc(C(=O)Nc3ccc(Cl)cc3Cl)cc2)n1. The van der Waals surface area contributed by atoms with E-state index in [9.17, 15) is 4.79 Å². The van der Waals surface area contributed by atoms with Crippen LogP contribution in [-0.4, -0.2) is 15.7 Å². The third-order valence-corrected chi connectivity index (χ3v) is 4.11. The molecular formula is C18H15Cl2N3O. The maximum absolute atomic E-state index is 12.3. The highest BCUT2D eigenvalue weighted by atomic mass is 35.5. The molecule has 0 bridgehead atoms. The van der Waals surface area contributed by atoms with Crippen molar-refractivity contribution < 1.29 is 4.79 Å². The molecule has 0 saturated heterocycles. The average molecular weight is 360 g/mol. The first-order valence-corrected chi connectivity index (χ1v) is 8.10. The van der Waals surface area contributed by atoms with Crippen molar-refractivity contribution in [3.63, 3.8) is 0 Å². The molecule has 1 aromatic heterocycles. The number of carbonyl (C=O) groups is 1. The standard InChI is InChI=1S/C18H15Cl2N3O/c1-11-9-12(2)23(22-11)15-6-3-13(4-7-15)18(24)21-17-8-5-14(19)10-16(17)20/h3-10H,1-2H3,(H,21,24). The molecule has 122 valence electrons. The van der Waals surface area contributed by atoms with E-state index in [1.807, 2.05) is 36.7 Å². The lowest BCUT2D eigenvalue weighted by Gasteiger charge is -2.09. The zero-order valence-electron chi connectivity index (χ0n) is 13.2. The van der Waals surface area contributed by atoms with E-state index < -0.39 is 0 Å². The first kappa shape index (κ1) is 16.6. The summed E-state index contributed by atoms with van der Waals surface area (Å²) in [4.78, 5) is 12.3. The van der Waals surface area contributed by atoms with Crippen LogP contribution in [0.15, 0.2) is 48.5 Å². The van der Waals surface area contributed by atoms with Gasteiger partial charge >= 0.3 is 0 Å². The van der Waals surface area contributed by atoms with E-state index in [1.54, 1.807) is 30.3 Å². The van der Waals surface area contributed by atoms with E-state index in [1.165, 1.54) is 0 Å². The molecule has 24 heavy (non-hydrogen) atoms. The van der Waals surface area contributed by atoms with Crippen molar-refractivity contribution in [1.82, 2.24) is 9.78 Å². The maximum atomic E-state index is 12.3. The van der Waals surface area contributed by atoms with Gasteiger partial charge in [-0.1, -0.05) is 23.2 Å². The maximum Gasteiger partial charge on any atom is 0.255 e. The van der Waals surface area contributed by atoms with Gasteiger partial charge in [-0.15, -0.1) is 0 Å². The van der Waals surface area contributed by atoms with Gasteiger partial charge in [-0.25, -0.2) is 4.68 Å². The highest BCUT2D eigenvalue weighted by molar-refractivity contribution is 6.36. The summed E-state index contributed by atoms with van der Waals surface area (Å²) in [5.41, 5.74) is 3.95. The number of hydrogen-bond donors (Lipinski definition) is 1. The van der Waals surface area contributed by atoms with E-state index in [0.717, 1.165) is 17.1 Å². The van der Waals surface area contributed by atoms with Crippen molar-refractivity contribution in [1.29, 1.82) is 0 Å². The van der Waals surface area contributed by atoms with Crippen molar-refractivity contribution in [2.24, 2.45) is 0 Å². The molecule has 0 radical (unpaired) electrons. The van der Waals surface area contributed by atoms with Crippen LogP contribution in [0.2, 0.25) is 10.0 Å². The fraction of sp³-hybridized carbons (Fsp3) is 0.111. The topological polar surface area (TPSA) is 46.9 Å². The minimum Gasteiger partial charge on any atom is -0.321 e. The van der Waals surface area contributed by atoms with Gasteiger partial charge in [0.05, 0.1) is 22.1 Å². The Kier molecular flexibility index (Phi) is 4.60. The zero-order valence-corrected chi connectivity index (χ0v) is 14.7. The van der Waals surface area contributed by atoms with Crippen LogP contribution in [0.3, 0.4) is 0 Å². The molecular weight excluding hydrogens is 345 g/mol. The molecule has 1 amide bonds. The van der Waals surface area contributed by atoms with Crippen LogP contribution >= 0.6 is 23.2 Å². The van der Waals surface area contributed by atoms with Crippen LogP contribution < -0.4 is 5.32 Å². The lowest BCUT2D eigenvalue weighted by atomic mass is 10.2. The Labute approximate surface area is 150 Å². The summed E-state index contributed by atoms with van der Waals surface area (Å²) >= 11 is 11.9. The molecule has 1 N–H and O–H groups in total. The van der Waals surface area contributed by atoms with Gasteiger partial charge in [0.25, 0.3) is 5.91 Å². The van der Waals surface area contributed by atoms with Crippen molar-refractivity contribution >= 4 is 34.8 Å². The minimum atomic E-state index is -0.237. The van der Waals surface area contributed by atoms with E-state index in [-0.39, 0.29) is 5.91 Å². The largest absolute Gasteiger partial charge is 0.321 e. The molecule has 2 aromatic carbocycles. The molecule has 1 heterocycles. The summed E-state index contributed by atoms with van der Waals surface area (Å²) in [6.45, 7) is 3.93. The van der Waals surface area contributed by atoms with E-state index in [4.69, 9.17) is 23.2 Å². The second-order valence-corrected chi connectivity index (χ2v) is 6.31. The van der Waals surface area contributed by atoms with Gasteiger partial charge in [-0.2, -0.15) is 5.10 Å². The second kappa shape index (κ2) is 6.67. The van der Waals surface area contributed by atoms with Gasteiger partial charge in [0.15, 0.2) is 0 Å². The predicted molar refractivity (Wildman–Crippen MR) is 97.5 cm³/mol. The Morgan fingerprint density at radius 1 is 1.04 bits per heavy atom. The number of halogens is 2. The Bertz CT molecular complexity index is 901. The molecule has 0 unspecified atom stereocenters. The normalized spacial score (nSPS) is 10.7. The quantitative estimate of drug-likeness (QED) is 0.711. The number of aromatic nitrogens is 2. The molecule has 0 aliphatic carbocycles. The number of carbonyl (C=O) groups excluding carboxylic acids is 1. The molecule has 0 saturated carbocycles. The van der Waals surface area contributed by atoms with Crippen molar-refractivity contribution in [2.75, 3.05) is 5.32 Å². The molecule has 0 fully saturated rings.